The zero-order chi connectivity index (χ0) is 19.1. The maximum absolute atomic E-state index is 14.2. The quantitative estimate of drug-likeness (QED) is 0.598. The fourth-order valence-corrected chi connectivity index (χ4v) is 2.92. The van der Waals surface area contributed by atoms with Crippen molar-refractivity contribution < 1.29 is 18.7 Å². The first kappa shape index (κ1) is 16.8. The summed E-state index contributed by atoms with van der Waals surface area (Å²) in [4.78, 5) is 15.7. The summed E-state index contributed by atoms with van der Waals surface area (Å²) in [6.45, 7) is 0.0461. The van der Waals surface area contributed by atoms with Crippen molar-refractivity contribution in [2.75, 3.05) is 0 Å². The molecule has 3 aromatic heterocycles. The molecule has 4 rings (SSSR count). The summed E-state index contributed by atoms with van der Waals surface area (Å²) >= 11 is 0. The lowest BCUT2D eigenvalue weighted by Crippen LogP contribution is -2.05. The Balaban J connectivity index is 1.73. The van der Waals surface area contributed by atoms with Gasteiger partial charge in [-0.15, -0.1) is 0 Å². The number of aromatic carboxylic acids is 1. The predicted molar refractivity (Wildman–Crippen MR) is 92.1 cm³/mol. The topological polar surface area (TPSA) is 85.8 Å². The second-order valence-electron chi connectivity index (χ2n) is 6.02. The van der Waals surface area contributed by atoms with Gasteiger partial charge in [0.2, 0.25) is 0 Å². The smallest absolute Gasteiger partial charge is 0.357 e. The van der Waals surface area contributed by atoms with Crippen molar-refractivity contribution in [2.45, 2.75) is 6.54 Å². The maximum Gasteiger partial charge on any atom is 0.357 e. The van der Waals surface area contributed by atoms with Crippen LogP contribution in [0.25, 0.3) is 22.2 Å². The molecule has 1 aromatic carbocycles. The van der Waals surface area contributed by atoms with Gasteiger partial charge in [-0.25, -0.2) is 13.6 Å². The first-order chi connectivity index (χ1) is 12.9. The fourth-order valence-electron chi connectivity index (χ4n) is 2.92. The van der Waals surface area contributed by atoms with E-state index in [4.69, 9.17) is 0 Å². The molecule has 136 valence electrons. The highest BCUT2D eigenvalue weighted by molar-refractivity contribution is 6.01. The number of benzene rings is 1. The number of aryl methyl sites for hydroxylation is 1. The predicted octanol–water partition coefficient (Wildman–Crippen LogP) is 2.86. The summed E-state index contributed by atoms with van der Waals surface area (Å²) in [6.07, 6.45) is 5.08. The van der Waals surface area contributed by atoms with Crippen LogP contribution < -0.4 is 0 Å². The van der Waals surface area contributed by atoms with Crippen LogP contribution in [0.2, 0.25) is 0 Å². The van der Waals surface area contributed by atoms with Crippen LogP contribution in [-0.2, 0) is 13.6 Å². The van der Waals surface area contributed by atoms with Gasteiger partial charge >= 0.3 is 5.97 Å². The van der Waals surface area contributed by atoms with Crippen LogP contribution in [0.1, 0.15) is 16.1 Å². The van der Waals surface area contributed by atoms with E-state index < -0.39 is 23.3 Å². The Morgan fingerprint density at radius 1 is 1.15 bits per heavy atom. The molecule has 0 saturated carbocycles. The average Bonchev–Trinajstić information content (AvgIpc) is 3.24. The number of carboxylic acid groups (broad SMARTS) is 1. The number of carboxylic acids is 1. The molecule has 27 heavy (non-hydrogen) atoms. The van der Waals surface area contributed by atoms with Gasteiger partial charge in [-0.1, -0.05) is 6.07 Å². The highest BCUT2D eigenvalue weighted by Gasteiger charge is 2.22. The number of aromatic nitrogens is 5. The Hall–Kier alpha value is -3.62. The highest BCUT2D eigenvalue weighted by Crippen LogP contribution is 2.26. The van der Waals surface area contributed by atoms with E-state index in [2.05, 4.69) is 15.2 Å². The van der Waals surface area contributed by atoms with Crippen LogP contribution in [0.4, 0.5) is 8.78 Å². The molecule has 0 fully saturated rings. The minimum absolute atomic E-state index is 0.0461. The Morgan fingerprint density at radius 3 is 2.56 bits per heavy atom. The van der Waals surface area contributed by atoms with Crippen LogP contribution in [0.15, 0.2) is 42.9 Å². The monoisotopic (exact) mass is 369 g/mol. The number of hydrogen-bond donors (Lipinski definition) is 1. The molecular weight excluding hydrogens is 356 g/mol. The van der Waals surface area contributed by atoms with Gasteiger partial charge in [0.1, 0.15) is 17.2 Å². The zero-order valence-electron chi connectivity index (χ0n) is 14.1. The van der Waals surface area contributed by atoms with Gasteiger partial charge < -0.3 is 5.11 Å². The number of fused-ring (bicyclic) bond motifs is 1. The van der Waals surface area contributed by atoms with Gasteiger partial charge in [0, 0.05) is 25.0 Å². The molecule has 0 atom stereocenters. The molecule has 9 heteroatoms. The Labute approximate surface area is 151 Å². The van der Waals surface area contributed by atoms with Crippen molar-refractivity contribution in [2.24, 2.45) is 7.05 Å². The molecule has 0 aliphatic carbocycles. The van der Waals surface area contributed by atoms with Crippen molar-refractivity contribution in [3.63, 3.8) is 0 Å². The first-order valence-electron chi connectivity index (χ1n) is 7.96. The summed E-state index contributed by atoms with van der Waals surface area (Å²) in [7, 11) is 1.80. The maximum atomic E-state index is 14.2. The van der Waals surface area contributed by atoms with Gasteiger partial charge in [-0.2, -0.15) is 10.2 Å². The van der Waals surface area contributed by atoms with Crippen molar-refractivity contribution in [3.8, 4) is 11.3 Å². The minimum Gasteiger partial charge on any atom is -0.476 e. The molecule has 0 spiro atoms. The van der Waals surface area contributed by atoms with Gasteiger partial charge in [0.25, 0.3) is 0 Å². The molecule has 1 N–H and O–H groups in total. The molecule has 3 heterocycles. The van der Waals surface area contributed by atoms with Crippen molar-refractivity contribution >= 4 is 16.9 Å². The van der Waals surface area contributed by atoms with E-state index in [1.165, 1.54) is 0 Å². The van der Waals surface area contributed by atoms with E-state index in [0.29, 0.717) is 11.3 Å². The number of halogens is 2. The molecule has 0 bridgehead atoms. The summed E-state index contributed by atoms with van der Waals surface area (Å²) in [5, 5.41) is 16.9. The van der Waals surface area contributed by atoms with Crippen LogP contribution >= 0.6 is 0 Å². The molecule has 4 aromatic rings. The van der Waals surface area contributed by atoms with E-state index in [1.807, 2.05) is 6.20 Å². The average molecular weight is 369 g/mol. The molecular formula is C18H13F2N5O2. The third-order valence-corrected chi connectivity index (χ3v) is 4.15. The third kappa shape index (κ3) is 2.92. The van der Waals surface area contributed by atoms with E-state index in [1.54, 1.807) is 36.3 Å². The number of carbonyl (C=O) groups is 1. The highest BCUT2D eigenvalue weighted by atomic mass is 19.1. The van der Waals surface area contributed by atoms with E-state index in [9.17, 15) is 18.7 Å². The lowest BCUT2D eigenvalue weighted by Gasteiger charge is -2.05. The van der Waals surface area contributed by atoms with E-state index >= 15 is 0 Å². The second kappa shape index (κ2) is 6.27. The van der Waals surface area contributed by atoms with E-state index in [-0.39, 0.29) is 17.4 Å². The Bertz CT molecular complexity index is 1160. The van der Waals surface area contributed by atoms with Crippen LogP contribution in [0.3, 0.4) is 0 Å². The molecule has 0 saturated heterocycles. The summed E-state index contributed by atoms with van der Waals surface area (Å²) < 4.78 is 31.1. The summed E-state index contributed by atoms with van der Waals surface area (Å²) in [5.74, 6) is -3.00. The molecule has 0 aliphatic heterocycles. The minimum atomic E-state index is -1.42. The van der Waals surface area contributed by atoms with Crippen molar-refractivity contribution in [1.29, 1.82) is 0 Å². The van der Waals surface area contributed by atoms with Gasteiger partial charge in [-0.3, -0.25) is 14.3 Å². The van der Waals surface area contributed by atoms with Crippen LogP contribution in [-0.4, -0.2) is 35.6 Å². The van der Waals surface area contributed by atoms with Gasteiger partial charge in [-0.05, 0) is 23.8 Å². The second-order valence-corrected chi connectivity index (χ2v) is 6.02. The lowest BCUT2D eigenvalue weighted by molar-refractivity contribution is 0.0691. The number of pyridine rings is 1. The van der Waals surface area contributed by atoms with Crippen LogP contribution in [0.5, 0.6) is 0 Å². The fraction of sp³-hybridized carbons (Fsp3) is 0.111. The van der Waals surface area contributed by atoms with E-state index in [0.717, 1.165) is 22.4 Å². The summed E-state index contributed by atoms with van der Waals surface area (Å²) in [5.41, 5.74) is 1.49. The number of nitrogens with zero attached hydrogens (tertiary/aromatic N) is 5. The third-order valence-electron chi connectivity index (χ3n) is 4.15. The molecule has 0 aliphatic rings. The molecule has 0 amide bonds. The Morgan fingerprint density at radius 2 is 1.93 bits per heavy atom. The normalized spacial score (nSPS) is 11.2. The van der Waals surface area contributed by atoms with Gasteiger partial charge in [0.05, 0.1) is 23.8 Å². The van der Waals surface area contributed by atoms with Crippen molar-refractivity contribution in [3.05, 3.63) is 65.7 Å². The largest absolute Gasteiger partial charge is 0.476 e. The molecule has 0 unspecified atom stereocenters. The first-order valence-corrected chi connectivity index (χ1v) is 7.96. The lowest BCUT2D eigenvalue weighted by atomic mass is 10.1. The summed E-state index contributed by atoms with van der Waals surface area (Å²) in [6, 6.07) is 5.37. The zero-order valence-corrected chi connectivity index (χ0v) is 14.1. The Kier molecular flexibility index (Phi) is 3.91. The molecule has 7 nitrogen and oxygen atoms in total. The standard InChI is InChI=1S/C18H13F2N5O2/c1-24-9-11(7-22-24)14-5-2-10(6-21-14)8-25-17-13(20)4-3-12(19)15(17)16(23-25)18(26)27/h2-7,9H,8H2,1H3,(H,26,27). The van der Waals surface area contributed by atoms with Crippen molar-refractivity contribution in [1.82, 2.24) is 24.5 Å². The van der Waals surface area contributed by atoms with Gasteiger partial charge in [0.15, 0.2) is 5.69 Å². The SMILES string of the molecule is Cn1cc(-c2ccc(Cn3nc(C(=O)O)c4c(F)ccc(F)c43)cn2)cn1. The molecule has 0 radical (unpaired) electrons. The number of rotatable bonds is 4. The van der Waals surface area contributed by atoms with Crippen LogP contribution in [0, 0.1) is 11.6 Å². The number of hydrogen-bond acceptors (Lipinski definition) is 4.